The maximum Gasteiger partial charge on any atom is 0.337 e. The van der Waals surface area contributed by atoms with Gasteiger partial charge in [-0.1, -0.05) is 23.8 Å². The van der Waals surface area contributed by atoms with Crippen molar-refractivity contribution in [1.29, 1.82) is 0 Å². The number of carbonyl (C=O) groups is 1. The summed E-state index contributed by atoms with van der Waals surface area (Å²) < 4.78 is 23.5. The molecule has 0 radical (unpaired) electrons. The Bertz CT molecular complexity index is 561. The van der Waals surface area contributed by atoms with E-state index in [1.165, 1.54) is 18.2 Å². The molecule has 1 N–H and O–H groups in total. The van der Waals surface area contributed by atoms with Gasteiger partial charge in [0, 0.05) is 0 Å². The summed E-state index contributed by atoms with van der Waals surface area (Å²) in [6, 6.07) is 3.59. The van der Waals surface area contributed by atoms with Crippen molar-refractivity contribution in [3.8, 4) is 0 Å². The van der Waals surface area contributed by atoms with Gasteiger partial charge < -0.3 is 5.11 Å². The number of sulfone groups is 1. The molecular weight excluding hydrogens is 264 g/mol. The Kier molecular flexibility index (Phi) is 4.31. The van der Waals surface area contributed by atoms with Crippen LogP contribution in [0, 0.1) is 0 Å². The van der Waals surface area contributed by atoms with Gasteiger partial charge in [0.1, 0.15) is 0 Å². The molecule has 0 saturated carbocycles. The van der Waals surface area contributed by atoms with Crippen LogP contribution in [-0.2, 0) is 9.84 Å². The highest BCUT2D eigenvalue weighted by atomic mass is 35.5. The van der Waals surface area contributed by atoms with E-state index in [2.05, 4.69) is 0 Å². The molecular formula is C11H11ClO4S. The average Bonchev–Trinajstić information content (AvgIpc) is 2.25. The van der Waals surface area contributed by atoms with Crippen molar-refractivity contribution in [2.75, 3.05) is 5.75 Å². The lowest BCUT2D eigenvalue weighted by Crippen LogP contribution is -2.06. The Morgan fingerprint density at radius 1 is 1.47 bits per heavy atom. The zero-order valence-electron chi connectivity index (χ0n) is 9.05. The van der Waals surface area contributed by atoms with Gasteiger partial charge in [-0.2, -0.15) is 0 Å². The molecule has 1 aromatic carbocycles. The molecule has 0 atom stereocenters. The molecule has 1 aromatic rings. The van der Waals surface area contributed by atoms with Gasteiger partial charge in [0.15, 0.2) is 9.84 Å². The quantitative estimate of drug-likeness (QED) is 0.856. The molecule has 6 heteroatoms. The van der Waals surface area contributed by atoms with Crippen molar-refractivity contribution in [2.45, 2.75) is 11.8 Å². The molecule has 0 amide bonds. The van der Waals surface area contributed by atoms with Gasteiger partial charge in [0.05, 0.1) is 21.2 Å². The minimum absolute atomic E-state index is 0.0191. The molecule has 0 unspecified atom stereocenters. The number of halogens is 1. The van der Waals surface area contributed by atoms with Crippen LogP contribution in [0.3, 0.4) is 0 Å². The Balaban J connectivity index is 3.18. The van der Waals surface area contributed by atoms with Gasteiger partial charge in [-0.3, -0.25) is 0 Å². The Hall–Kier alpha value is -1.33. The van der Waals surface area contributed by atoms with Gasteiger partial charge in [-0.25, -0.2) is 13.2 Å². The molecule has 4 nitrogen and oxygen atoms in total. The van der Waals surface area contributed by atoms with Crippen LogP contribution in [0.25, 0.3) is 0 Å². The molecule has 1 rings (SSSR count). The van der Waals surface area contributed by atoms with Crippen molar-refractivity contribution in [3.63, 3.8) is 0 Å². The minimum Gasteiger partial charge on any atom is -0.478 e. The van der Waals surface area contributed by atoms with Gasteiger partial charge in [-0.15, -0.1) is 0 Å². The first-order chi connectivity index (χ1) is 7.88. The molecule has 0 aliphatic carbocycles. The van der Waals surface area contributed by atoms with Gasteiger partial charge >= 0.3 is 5.97 Å². The van der Waals surface area contributed by atoms with Crippen LogP contribution >= 0.6 is 11.6 Å². The first-order valence-electron chi connectivity index (χ1n) is 4.75. The summed E-state index contributed by atoms with van der Waals surface area (Å²) >= 11 is 5.70. The summed E-state index contributed by atoms with van der Waals surface area (Å²) in [7, 11) is -3.45. The molecule has 0 saturated heterocycles. The lowest BCUT2D eigenvalue weighted by Gasteiger charge is -2.04. The zero-order valence-corrected chi connectivity index (χ0v) is 10.6. The fraction of sp³-hybridized carbons (Fsp3) is 0.182. The van der Waals surface area contributed by atoms with E-state index in [0.717, 1.165) is 6.07 Å². The van der Waals surface area contributed by atoms with Crippen molar-refractivity contribution in [1.82, 2.24) is 0 Å². The molecule has 0 spiro atoms. The first kappa shape index (κ1) is 13.7. The normalized spacial score (nSPS) is 11.9. The van der Waals surface area contributed by atoms with Crippen LogP contribution in [0.2, 0.25) is 5.02 Å². The lowest BCUT2D eigenvalue weighted by molar-refractivity contribution is 0.0697. The summed E-state index contributed by atoms with van der Waals surface area (Å²) in [4.78, 5) is 10.7. The Morgan fingerprint density at radius 2 is 2.12 bits per heavy atom. The maximum absolute atomic E-state index is 11.8. The van der Waals surface area contributed by atoms with Crippen molar-refractivity contribution in [2.24, 2.45) is 0 Å². The van der Waals surface area contributed by atoms with Crippen LogP contribution in [0.5, 0.6) is 0 Å². The van der Waals surface area contributed by atoms with E-state index < -0.39 is 15.8 Å². The number of rotatable bonds is 4. The third-order valence-corrected chi connectivity index (χ3v) is 4.00. The molecule has 17 heavy (non-hydrogen) atoms. The minimum atomic E-state index is -3.45. The van der Waals surface area contributed by atoms with Crippen molar-refractivity contribution >= 4 is 27.4 Å². The number of hydrogen-bond donors (Lipinski definition) is 1. The number of carboxylic acid groups (broad SMARTS) is 1. The van der Waals surface area contributed by atoms with Crippen LogP contribution in [0.1, 0.15) is 17.3 Å². The molecule has 0 bridgehead atoms. The van der Waals surface area contributed by atoms with Gasteiger partial charge in [0.2, 0.25) is 0 Å². The van der Waals surface area contributed by atoms with E-state index >= 15 is 0 Å². The molecule has 0 aliphatic heterocycles. The summed E-state index contributed by atoms with van der Waals surface area (Å²) in [6.07, 6.45) is 3.14. The molecule has 92 valence electrons. The standard InChI is InChI=1S/C11H11ClO4S/c1-2-3-6-17(15,16)8-4-5-9(11(13)14)10(12)7-8/h2-5,7H,6H2,1H3,(H,13,14)/b3-2+. The summed E-state index contributed by atoms with van der Waals surface area (Å²) in [5.74, 6) is -1.32. The predicted octanol–water partition coefficient (Wildman–Crippen LogP) is 2.39. The third-order valence-electron chi connectivity index (χ3n) is 2.08. The van der Waals surface area contributed by atoms with Crippen LogP contribution < -0.4 is 0 Å². The second-order valence-corrected chi connectivity index (χ2v) is 5.74. The van der Waals surface area contributed by atoms with Gasteiger partial charge in [-0.05, 0) is 25.1 Å². The fourth-order valence-electron chi connectivity index (χ4n) is 1.18. The molecule has 0 heterocycles. The van der Waals surface area contributed by atoms with E-state index in [0.29, 0.717) is 0 Å². The largest absolute Gasteiger partial charge is 0.478 e. The lowest BCUT2D eigenvalue weighted by atomic mass is 10.2. The summed E-state index contributed by atoms with van der Waals surface area (Å²) in [5, 5.41) is 8.67. The zero-order chi connectivity index (χ0) is 13.1. The van der Waals surface area contributed by atoms with Crippen molar-refractivity contribution in [3.05, 3.63) is 40.9 Å². The molecule has 0 fully saturated rings. The average molecular weight is 275 g/mol. The first-order valence-corrected chi connectivity index (χ1v) is 6.78. The second kappa shape index (κ2) is 5.33. The van der Waals surface area contributed by atoms with E-state index in [1.807, 2.05) is 0 Å². The molecule has 0 aliphatic rings. The number of allylic oxidation sites excluding steroid dienone is 1. The highest BCUT2D eigenvalue weighted by molar-refractivity contribution is 7.91. The Labute approximate surface area is 104 Å². The maximum atomic E-state index is 11.8. The highest BCUT2D eigenvalue weighted by Crippen LogP contribution is 2.21. The van der Waals surface area contributed by atoms with Crippen LogP contribution in [0.4, 0.5) is 0 Å². The van der Waals surface area contributed by atoms with E-state index in [1.54, 1.807) is 13.0 Å². The fourth-order valence-corrected chi connectivity index (χ4v) is 2.72. The van der Waals surface area contributed by atoms with Crippen LogP contribution in [0.15, 0.2) is 35.2 Å². The molecule has 0 aromatic heterocycles. The van der Waals surface area contributed by atoms with E-state index in [4.69, 9.17) is 16.7 Å². The second-order valence-electron chi connectivity index (χ2n) is 3.30. The summed E-state index contributed by atoms with van der Waals surface area (Å²) in [6.45, 7) is 1.72. The SMILES string of the molecule is C/C=C/CS(=O)(=O)c1ccc(C(=O)O)c(Cl)c1. The number of benzene rings is 1. The predicted molar refractivity (Wildman–Crippen MR) is 65.3 cm³/mol. The smallest absolute Gasteiger partial charge is 0.337 e. The van der Waals surface area contributed by atoms with E-state index in [-0.39, 0.29) is 21.2 Å². The number of carboxylic acids is 1. The Morgan fingerprint density at radius 3 is 2.59 bits per heavy atom. The highest BCUT2D eigenvalue weighted by Gasteiger charge is 2.16. The summed E-state index contributed by atoms with van der Waals surface area (Å²) in [5.41, 5.74) is -0.114. The number of hydrogen-bond acceptors (Lipinski definition) is 3. The topological polar surface area (TPSA) is 71.4 Å². The monoisotopic (exact) mass is 274 g/mol. The van der Waals surface area contributed by atoms with Crippen molar-refractivity contribution < 1.29 is 18.3 Å². The number of aromatic carboxylic acids is 1. The third kappa shape index (κ3) is 3.31. The van der Waals surface area contributed by atoms with E-state index in [9.17, 15) is 13.2 Å². The van der Waals surface area contributed by atoms with Crippen LogP contribution in [-0.4, -0.2) is 25.2 Å². The van der Waals surface area contributed by atoms with Gasteiger partial charge in [0.25, 0.3) is 0 Å².